The Kier molecular flexibility index (Phi) is 3.35. The fraction of sp³-hybridized carbons (Fsp3) is 0.333. The highest BCUT2D eigenvalue weighted by Crippen LogP contribution is 1.67. The Morgan fingerprint density at radius 2 is 2.50 bits per heavy atom. The minimum absolute atomic E-state index is 0.348. The number of isocyanates is 1. The maximum Gasteiger partial charge on any atom is 0.398 e. The molecule has 0 spiro atoms. The van der Waals surface area contributed by atoms with Crippen molar-refractivity contribution in [3.05, 3.63) is 0 Å². The molecule has 5 heteroatoms. The second-order valence-electron chi connectivity index (χ2n) is 0.858. The Bertz CT molecular complexity index is 127. The Hall–Kier alpha value is -1.22. The normalized spacial score (nSPS) is 7.12. The molecule has 0 saturated carbocycles. The molecule has 0 radical (unpaired) electrons. The van der Waals surface area contributed by atoms with Crippen LogP contribution < -0.4 is 5.32 Å². The molecule has 4 nitrogen and oxygen atoms in total. The van der Waals surface area contributed by atoms with E-state index >= 15 is 0 Å². The highest BCUT2D eigenvalue weighted by Gasteiger charge is 1.88. The Morgan fingerprint density at radius 1 is 1.88 bits per heavy atom. The van der Waals surface area contributed by atoms with E-state index in [4.69, 9.17) is 0 Å². The molecule has 1 N–H and O–H groups in total. The third-order valence-corrected chi connectivity index (χ3v) is 0.362. The highest BCUT2D eigenvalue weighted by molar-refractivity contribution is 5.65. The van der Waals surface area contributed by atoms with Gasteiger partial charge in [0.25, 0.3) is 0 Å². The second kappa shape index (κ2) is 3.95. The van der Waals surface area contributed by atoms with Crippen molar-refractivity contribution in [3.8, 4) is 0 Å². The summed E-state index contributed by atoms with van der Waals surface area (Å²) in [5.41, 5.74) is 0. The summed E-state index contributed by atoms with van der Waals surface area (Å²) in [4.78, 5) is 21.4. The van der Waals surface area contributed by atoms with Gasteiger partial charge in [-0.2, -0.15) is 4.99 Å². The minimum Gasteiger partial charge on any atom is -0.308 e. The lowest BCUT2D eigenvalue weighted by atomic mass is 11.0. The Balaban J connectivity index is 3.18. The largest absolute Gasteiger partial charge is 0.398 e. The quantitative estimate of drug-likeness (QED) is 0.239. The van der Waals surface area contributed by atoms with Gasteiger partial charge >= 0.3 is 6.16 Å². The molecule has 0 aliphatic carbocycles. The third-order valence-electron chi connectivity index (χ3n) is 0.362. The number of rotatable bonds is 2. The predicted octanol–water partition coefficient (Wildman–Crippen LogP) is -0.0412. The van der Waals surface area contributed by atoms with Crippen LogP contribution in [0.4, 0.5) is 9.18 Å². The van der Waals surface area contributed by atoms with Crippen molar-refractivity contribution >= 4 is 12.2 Å². The lowest BCUT2D eigenvalue weighted by Crippen LogP contribution is -2.16. The lowest BCUT2D eigenvalue weighted by Gasteiger charge is -1.85. The van der Waals surface area contributed by atoms with E-state index in [9.17, 15) is 14.0 Å². The van der Waals surface area contributed by atoms with Gasteiger partial charge in [0, 0.05) is 0 Å². The fourth-order valence-corrected chi connectivity index (χ4v) is 0.134. The summed E-state index contributed by atoms with van der Waals surface area (Å²) in [5, 5.41) is 1.61. The van der Waals surface area contributed by atoms with E-state index in [1.165, 1.54) is 0 Å². The number of aliphatic imine (C=N–C) groups is 1. The monoisotopic (exact) mass is 118 g/mol. The van der Waals surface area contributed by atoms with E-state index in [2.05, 4.69) is 4.99 Å². The number of nitrogens with one attached hydrogen (secondary N) is 1. The summed E-state index contributed by atoms with van der Waals surface area (Å²) in [7, 11) is 0. The third kappa shape index (κ3) is 4.78. The van der Waals surface area contributed by atoms with Crippen molar-refractivity contribution in [1.29, 1.82) is 0 Å². The number of carbonyl (C=O) groups is 1. The molecule has 0 aromatic heterocycles. The number of carbonyl (C=O) groups excluding carboxylic acids is 2. The van der Waals surface area contributed by atoms with Crippen LogP contribution in [0.1, 0.15) is 0 Å². The molecule has 0 unspecified atom stereocenters. The van der Waals surface area contributed by atoms with Crippen LogP contribution >= 0.6 is 0 Å². The van der Waals surface area contributed by atoms with Crippen LogP contribution in [-0.2, 0) is 4.79 Å². The first-order valence-corrected chi connectivity index (χ1v) is 1.74. The number of amides is 1. The Labute approximate surface area is 44.4 Å². The summed E-state index contributed by atoms with van der Waals surface area (Å²) < 4.78 is 11.1. The van der Waals surface area contributed by atoms with E-state index in [1.54, 1.807) is 5.32 Å². The number of nitrogens with zero attached hydrogens (tertiary/aromatic N) is 1. The molecule has 0 aliphatic rings. The van der Waals surface area contributed by atoms with Crippen molar-refractivity contribution < 1.29 is 14.0 Å². The standard InChI is InChI=1S/C3H3FN2O2/c4-3(8)6-1-5-2-7/h1H2,(H,6,8). The van der Waals surface area contributed by atoms with E-state index in [1.807, 2.05) is 0 Å². The summed E-state index contributed by atoms with van der Waals surface area (Å²) >= 11 is 0. The molecule has 0 aromatic rings. The molecule has 0 bridgehead atoms. The van der Waals surface area contributed by atoms with Gasteiger partial charge in [0.05, 0.1) is 0 Å². The van der Waals surface area contributed by atoms with Crippen LogP contribution in [0.15, 0.2) is 4.99 Å². The maximum absolute atomic E-state index is 11.1. The van der Waals surface area contributed by atoms with Gasteiger partial charge in [0.2, 0.25) is 6.08 Å². The summed E-state index contributed by atoms with van der Waals surface area (Å²) in [6.45, 7) is -0.348. The molecule has 1 amide bonds. The topological polar surface area (TPSA) is 58.5 Å². The average Bonchev–Trinajstić information content (AvgIpc) is 1.66. The zero-order valence-corrected chi connectivity index (χ0v) is 3.85. The zero-order valence-electron chi connectivity index (χ0n) is 3.85. The molecule has 0 fully saturated rings. The van der Waals surface area contributed by atoms with Gasteiger partial charge in [0.1, 0.15) is 6.67 Å². The molecule has 44 valence electrons. The summed E-state index contributed by atoms with van der Waals surface area (Å²) in [6, 6.07) is 0. The van der Waals surface area contributed by atoms with E-state index in [0.29, 0.717) is 0 Å². The fourth-order valence-electron chi connectivity index (χ4n) is 0.134. The molecule has 0 aromatic carbocycles. The first kappa shape index (κ1) is 6.78. The van der Waals surface area contributed by atoms with Crippen LogP contribution in [0.5, 0.6) is 0 Å². The van der Waals surface area contributed by atoms with Crippen molar-refractivity contribution in [2.45, 2.75) is 0 Å². The molecule has 0 heterocycles. The van der Waals surface area contributed by atoms with Crippen LogP contribution in [0.2, 0.25) is 0 Å². The van der Waals surface area contributed by atoms with E-state index < -0.39 is 6.16 Å². The zero-order chi connectivity index (χ0) is 6.41. The summed E-state index contributed by atoms with van der Waals surface area (Å²) in [5.74, 6) is 0. The highest BCUT2D eigenvalue weighted by atomic mass is 19.1. The predicted molar refractivity (Wildman–Crippen MR) is 22.6 cm³/mol. The van der Waals surface area contributed by atoms with E-state index in [-0.39, 0.29) is 6.67 Å². The van der Waals surface area contributed by atoms with Crippen LogP contribution in [0.3, 0.4) is 0 Å². The Morgan fingerprint density at radius 3 is 2.88 bits per heavy atom. The number of halogens is 1. The van der Waals surface area contributed by atoms with Crippen LogP contribution in [0, 0.1) is 0 Å². The molecular weight excluding hydrogens is 115 g/mol. The van der Waals surface area contributed by atoms with Gasteiger partial charge in [-0.3, -0.25) is 0 Å². The van der Waals surface area contributed by atoms with Gasteiger partial charge in [-0.15, -0.1) is 4.39 Å². The molecule has 0 saturated heterocycles. The van der Waals surface area contributed by atoms with Crippen molar-refractivity contribution in [3.63, 3.8) is 0 Å². The first-order chi connectivity index (χ1) is 3.77. The van der Waals surface area contributed by atoms with Gasteiger partial charge < -0.3 is 5.32 Å². The molecule has 0 atom stereocenters. The lowest BCUT2D eigenvalue weighted by molar-refractivity contribution is 0.222. The van der Waals surface area contributed by atoms with Crippen molar-refractivity contribution in [1.82, 2.24) is 5.32 Å². The van der Waals surface area contributed by atoms with Gasteiger partial charge in [-0.05, 0) is 0 Å². The molecule has 8 heavy (non-hydrogen) atoms. The summed E-state index contributed by atoms with van der Waals surface area (Å²) in [6.07, 6.45) is -0.588. The maximum atomic E-state index is 11.1. The molecular formula is C3H3FN2O2. The van der Waals surface area contributed by atoms with Crippen molar-refractivity contribution in [2.24, 2.45) is 4.99 Å². The SMILES string of the molecule is O=C=NCNC(=O)F. The second-order valence-corrected chi connectivity index (χ2v) is 0.858. The van der Waals surface area contributed by atoms with Gasteiger partial charge in [-0.1, -0.05) is 0 Å². The van der Waals surface area contributed by atoms with Gasteiger partial charge in [0.15, 0.2) is 0 Å². The average molecular weight is 118 g/mol. The van der Waals surface area contributed by atoms with Gasteiger partial charge in [-0.25, -0.2) is 9.59 Å². The van der Waals surface area contributed by atoms with Crippen LogP contribution in [0.25, 0.3) is 0 Å². The van der Waals surface area contributed by atoms with Crippen molar-refractivity contribution in [2.75, 3.05) is 6.67 Å². The molecule has 0 rings (SSSR count). The number of hydrogen-bond acceptors (Lipinski definition) is 3. The molecule has 0 aliphatic heterocycles. The minimum atomic E-state index is -1.70. The van der Waals surface area contributed by atoms with Crippen LogP contribution in [-0.4, -0.2) is 18.9 Å². The smallest absolute Gasteiger partial charge is 0.308 e. The van der Waals surface area contributed by atoms with E-state index in [0.717, 1.165) is 6.08 Å². The first-order valence-electron chi connectivity index (χ1n) is 1.74. The number of hydrogen-bond donors (Lipinski definition) is 1.